The summed E-state index contributed by atoms with van der Waals surface area (Å²) in [5.74, 6) is -0.268. The number of anilines is 1. The molecule has 0 aromatic heterocycles. The molecule has 2 aliphatic heterocycles. The Balaban J connectivity index is 1.62. The molecule has 2 aliphatic rings. The molecule has 32 heavy (non-hydrogen) atoms. The molecule has 1 N–H and O–H groups in total. The molecule has 0 saturated carbocycles. The third-order valence-electron chi connectivity index (χ3n) is 6.33. The molecule has 2 heterocycles. The average molecular weight is 457 g/mol. The van der Waals surface area contributed by atoms with Gasteiger partial charge in [-0.1, -0.05) is 37.3 Å². The van der Waals surface area contributed by atoms with Crippen LogP contribution in [-0.2, 0) is 26.8 Å². The normalized spacial score (nSPS) is 21.1. The lowest BCUT2D eigenvalue weighted by Gasteiger charge is -2.34. The lowest BCUT2D eigenvalue weighted by Crippen LogP contribution is -2.46. The summed E-state index contributed by atoms with van der Waals surface area (Å²) >= 11 is 0. The zero-order valence-electron chi connectivity index (χ0n) is 18.5. The highest BCUT2D eigenvalue weighted by atomic mass is 32.2. The van der Waals surface area contributed by atoms with Crippen LogP contribution in [0.25, 0.3) is 0 Å². The van der Waals surface area contributed by atoms with Crippen molar-refractivity contribution in [1.82, 2.24) is 14.5 Å². The molecule has 1 fully saturated rings. The number of rotatable bonds is 6. The van der Waals surface area contributed by atoms with Gasteiger partial charge in [-0.25, -0.2) is 22.4 Å². The van der Waals surface area contributed by atoms with Gasteiger partial charge in [0.05, 0.1) is 4.90 Å². The molecule has 1 atom stereocenters. The maximum atomic E-state index is 13.4. The number of hydrogen-bond acceptors (Lipinski definition) is 5. The van der Waals surface area contributed by atoms with Gasteiger partial charge >= 0.3 is 6.03 Å². The Hall–Kier alpha value is -2.91. The molecular formula is C23H28N4O4S. The number of aryl methyl sites for hydroxylation is 1. The van der Waals surface area contributed by atoms with Crippen LogP contribution in [0.1, 0.15) is 30.9 Å². The number of carbonyl (C=O) groups excluding carboxylic acids is 2. The van der Waals surface area contributed by atoms with Gasteiger partial charge in [0.25, 0.3) is 5.91 Å². The number of nitrogens with zero attached hydrogens (tertiary/aromatic N) is 3. The van der Waals surface area contributed by atoms with E-state index in [1.165, 1.54) is 23.3 Å². The second-order valence-corrected chi connectivity index (χ2v) is 10.5. The molecule has 0 bridgehead atoms. The fraction of sp³-hybridized carbons (Fsp3) is 0.391. The summed E-state index contributed by atoms with van der Waals surface area (Å²) in [5.41, 5.74) is 1.45. The predicted molar refractivity (Wildman–Crippen MR) is 122 cm³/mol. The Morgan fingerprint density at radius 2 is 1.81 bits per heavy atom. The summed E-state index contributed by atoms with van der Waals surface area (Å²) in [5, 5.41) is 2.91. The van der Waals surface area contributed by atoms with Crippen molar-refractivity contribution in [2.45, 2.75) is 36.6 Å². The zero-order chi connectivity index (χ0) is 23.1. The summed E-state index contributed by atoms with van der Waals surface area (Å²) in [6, 6.07) is 13.9. The number of benzene rings is 2. The van der Waals surface area contributed by atoms with Gasteiger partial charge in [0.15, 0.2) is 0 Å². The Kier molecular flexibility index (Phi) is 5.72. The molecule has 9 heteroatoms. The first-order chi connectivity index (χ1) is 15.2. The van der Waals surface area contributed by atoms with Crippen molar-refractivity contribution in [3.05, 3.63) is 59.7 Å². The molecule has 0 spiro atoms. The van der Waals surface area contributed by atoms with E-state index in [-0.39, 0.29) is 17.5 Å². The fourth-order valence-electron chi connectivity index (χ4n) is 4.46. The van der Waals surface area contributed by atoms with Crippen molar-refractivity contribution in [3.63, 3.8) is 0 Å². The van der Waals surface area contributed by atoms with E-state index in [1.807, 2.05) is 42.2 Å². The largest absolute Gasteiger partial charge is 0.353 e. The molecule has 2 aromatic rings. The predicted octanol–water partition coefficient (Wildman–Crippen LogP) is 2.50. The third-order valence-corrected chi connectivity index (χ3v) is 8.14. The fourth-order valence-corrected chi connectivity index (χ4v) is 5.41. The standard InChI is InChI=1S/C23H28N4O4S/c1-4-23(18-10-6-5-7-11-18)21(28)27(22(29)24-23)16-26-14-8-9-17-15-19(12-13-20(17)26)32(30,31)25(2)3/h5-7,10-13,15H,4,8-9,14,16H2,1-3H3,(H,24,29). The van der Waals surface area contributed by atoms with Gasteiger partial charge in [-0.15, -0.1) is 0 Å². The van der Waals surface area contributed by atoms with Crippen LogP contribution in [0.5, 0.6) is 0 Å². The van der Waals surface area contributed by atoms with Crippen LogP contribution in [0.2, 0.25) is 0 Å². The van der Waals surface area contributed by atoms with Crippen LogP contribution < -0.4 is 10.2 Å². The molecule has 0 radical (unpaired) electrons. The Labute approximate surface area is 188 Å². The summed E-state index contributed by atoms with van der Waals surface area (Å²) in [7, 11) is -0.520. The number of urea groups is 1. The summed E-state index contributed by atoms with van der Waals surface area (Å²) in [6.07, 6.45) is 1.99. The second kappa shape index (κ2) is 8.22. The number of imide groups is 1. The summed E-state index contributed by atoms with van der Waals surface area (Å²) < 4.78 is 26.2. The molecule has 8 nitrogen and oxygen atoms in total. The van der Waals surface area contributed by atoms with Gasteiger partial charge in [-0.05, 0) is 48.6 Å². The van der Waals surface area contributed by atoms with E-state index in [0.717, 1.165) is 29.7 Å². The van der Waals surface area contributed by atoms with E-state index in [9.17, 15) is 18.0 Å². The minimum absolute atomic E-state index is 0.117. The minimum atomic E-state index is -3.53. The first-order valence-electron chi connectivity index (χ1n) is 10.7. The molecule has 3 amide bonds. The monoisotopic (exact) mass is 456 g/mol. The summed E-state index contributed by atoms with van der Waals surface area (Å²) in [4.78, 5) is 29.8. The van der Waals surface area contributed by atoms with Gasteiger partial charge in [0.2, 0.25) is 10.0 Å². The van der Waals surface area contributed by atoms with Crippen LogP contribution >= 0.6 is 0 Å². The average Bonchev–Trinajstić information content (AvgIpc) is 3.04. The van der Waals surface area contributed by atoms with Crippen molar-refractivity contribution in [3.8, 4) is 0 Å². The van der Waals surface area contributed by atoms with E-state index in [2.05, 4.69) is 5.32 Å². The minimum Gasteiger partial charge on any atom is -0.353 e. The van der Waals surface area contributed by atoms with Gasteiger partial charge in [-0.2, -0.15) is 0 Å². The van der Waals surface area contributed by atoms with E-state index in [0.29, 0.717) is 13.0 Å². The Bertz CT molecular complexity index is 1150. The van der Waals surface area contributed by atoms with E-state index >= 15 is 0 Å². The maximum Gasteiger partial charge on any atom is 0.326 e. The number of carbonyl (C=O) groups is 2. The Morgan fingerprint density at radius 3 is 2.47 bits per heavy atom. The number of fused-ring (bicyclic) bond motifs is 1. The molecule has 170 valence electrons. The van der Waals surface area contributed by atoms with Crippen molar-refractivity contribution in [2.75, 3.05) is 32.2 Å². The topological polar surface area (TPSA) is 90.0 Å². The number of hydrogen-bond donors (Lipinski definition) is 1. The first-order valence-corrected chi connectivity index (χ1v) is 12.1. The van der Waals surface area contributed by atoms with Crippen molar-refractivity contribution in [1.29, 1.82) is 0 Å². The van der Waals surface area contributed by atoms with Gasteiger partial charge in [0, 0.05) is 26.3 Å². The Morgan fingerprint density at radius 1 is 1.09 bits per heavy atom. The first kappa shape index (κ1) is 22.3. The zero-order valence-corrected chi connectivity index (χ0v) is 19.4. The maximum absolute atomic E-state index is 13.4. The van der Waals surface area contributed by atoms with Gasteiger partial charge < -0.3 is 10.2 Å². The molecular weight excluding hydrogens is 428 g/mol. The lowest BCUT2D eigenvalue weighted by molar-refractivity contribution is -0.131. The van der Waals surface area contributed by atoms with Crippen LogP contribution in [-0.4, -0.2) is 56.9 Å². The SMILES string of the molecule is CCC1(c2ccccc2)NC(=O)N(CN2CCCc3cc(S(=O)(=O)N(C)C)ccc32)C1=O. The quantitative estimate of drug-likeness (QED) is 0.675. The molecule has 4 rings (SSSR count). The molecule has 2 aromatic carbocycles. The lowest BCUT2D eigenvalue weighted by atomic mass is 9.87. The van der Waals surface area contributed by atoms with Gasteiger partial charge in [0.1, 0.15) is 12.2 Å². The number of nitrogens with one attached hydrogen (secondary N) is 1. The smallest absolute Gasteiger partial charge is 0.326 e. The highest BCUT2D eigenvalue weighted by Crippen LogP contribution is 2.35. The number of amides is 3. The van der Waals surface area contributed by atoms with Gasteiger partial charge in [-0.3, -0.25) is 4.79 Å². The van der Waals surface area contributed by atoms with Crippen molar-refractivity contribution < 1.29 is 18.0 Å². The van der Waals surface area contributed by atoms with Crippen LogP contribution in [0, 0.1) is 0 Å². The highest BCUT2D eigenvalue weighted by molar-refractivity contribution is 7.89. The van der Waals surface area contributed by atoms with E-state index in [4.69, 9.17) is 0 Å². The second-order valence-electron chi connectivity index (χ2n) is 8.37. The third kappa shape index (κ3) is 3.55. The summed E-state index contributed by atoms with van der Waals surface area (Å²) in [6.45, 7) is 2.68. The van der Waals surface area contributed by atoms with Crippen LogP contribution in [0.3, 0.4) is 0 Å². The highest BCUT2D eigenvalue weighted by Gasteiger charge is 2.51. The molecule has 0 aliphatic carbocycles. The van der Waals surface area contributed by atoms with Crippen molar-refractivity contribution >= 4 is 27.6 Å². The van der Waals surface area contributed by atoms with Crippen LogP contribution in [0.4, 0.5) is 10.5 Å². The van der Waals surface area contributed by atoms with Crippen LogP contribution in [0.15, 0.2) is 53.4 Å². The van der Waals surface area contributed by atoms with E-state index < -0.39 is 21.6 Å². The van der Waals surface area contributed by atoms with E-state index in [1.54, 1.807) is 18.2 Å². The number of sulfonamides is 1. The molecule has 1 saturated heterocycles. The molecule has 1 unspecified atom stereocenters. The van der Waals surface area contributed by atoms with Crippen molar-refractivity contribution in [2.24, 2.45) is 0 Å².